The van der Waals surface area contributed by atoms with Gasteiger partial charge in [0.25, 0.3) is 0 Å². The average Bonchev–Trinajstić information content (AvgIpc) is 3.25. The molecule has 0 aromatic heterocycles. The molecule has 0 spiro atoms. The van der Waals surface area contributed by atoms with E-state index in [0.29, 0.717) is 13.0 Å². The fourth-order valence-corrected chi connectivity index (χ4v) is 6.59. The minimum absolute atomic E-state index is 0.127. The Bertz CT molecular complexity index is 1190. The maximum atomic E-state index is 12.8. The lowest BCUT2D eigenvalue weighted by atomic mass is 9.99. The van der Waals surface area contributed by atoms with Crippen molar-refractivity contribution in [1.82, 2.24) is 0 Å². The summed E-state index contributed by atoms with van der Waals surface area (Å²) in [6, 6.07) is 0. The Hall–Kier alpha value is -2.63. The summed E-state index contributed by atoms with van der Waals surface area (Å²) in [5.74, 6) is -0.334. The Balaban J connectivity index is 2.24. The Kier molecular flexibility index (Phi) is 38.5. The summed E-state index contributed by atoms with van der Waals surface area (Å²) in [6.45, 7) is 4.36. The van der Waals surface area contributed by atoms with Gasteiger partial charge in [0.2, 0.25) is 0 Å². The first-order valence-electron chi connectivity index (χ1n) is 23.7. The van der Waals surface area contributed by atoms with Crippen molar-refractivity contribution in [1.29, 1.82) is 0 Å². The van der Waals surface area contributed by atoms with Crippen LogP contribution >= 0.6 is 0 Å². The van der Waals surface area contributed by atoms with Crippen molar-refractivity contribution in [2.45, 2.75) is 205 Å². The van der Waals surface area contributed by atoms with Crippen LogP contribution in [-0.4, -0.2) is 89.6 Å². The molecule has 1 fully saturated rings. The SMILES string of the molecule is CC/C=C\C/C=C\C/C=C\C/C=C\C/C=C\C/C=C\CCCCCCCCC(=O)OC(COCCCCCCCC/C=C\CCCC)COC1OC(CO)C(O)C(O)C1O. The molecule has 6 atom stereocenters. The molecule has 0 aromatic rings. The highest BCUT2D eigenvalue weighted by atomic mass is 16.7. The smallest absolute Gasteiger partial charge is 0.306 e. The number of rotatable bonds is 39. The van der Waals surface area contributed by atoms with Crippen LogP contribution in [0, 0.1) is 0 Å². The van der Waals surface area contributed by atoms with Gasteiger partial charge in [-0.3, -0.25) is 4.79 Å². The van der Waals surface area contributed by atoms with Crippen molar-refractivity contribution in [3.05, 3.63) is 85.1 Å². The molecule has 0 aromatic carbocycles. The van der Waals surface area contributed by atoms with E-state index in [9.17, 15) is 25.2 Å². The van der Waals surface area contributed by atoms with Crippen LogP contribution in [0.4, 0.5) is 0 Å². The number of ether oxygens (including phenoxy) is 4. The molecule has 0 saturated carbocycles. The van der Waals surface area contributed by atoms with Crippen LogP contribution < -0.4 is 0 Å². The van der Waals surface area contributed by atoms with E-state index in [0.717, 1.165) is 103 Å². The summed E-state index contributed by atoms with van der Waals surface area (Å²) in [7, 11) is 0. The Morgan fingerprint density at radius 3 is 1.55 bits per heavy atom. The number of allylic oxidation sites excluding steroid dienone is 14. The molecule has 60 heavy (non-hydrogen) atoms. The number of hydrogen-bond donors (Lipinski definition) is 4. The summed E-state index contributed by atoms with van der Waals surface area (Å²) < 4.78 is 22.8. The van der Waals surface area contributed by atoms with Gasteiger partial charge in [0, 0.05) is 13.0 Å². The average molecular weight is 843 g/mol. The van der Waals surface area contributed by atoms with E-state index in [1.807, 2.05) is 0 Å². The zero-order valence-electron chi connectivity index (χ0n) is 37.7. The molecule has 1 saturated heterocycles. The normalized spacial score (nSPS) is 20.8. The van der Waals surface area contributed by atoms with Gasteiger partial charge in [-0.15, -0.1) is 0 Å². The van der Waals surface area contributed by atoms with E-state index in [1.54, 1.807) is 0 Å². The molecule has 1 heterocycles. The predicted molar refractivity (Wildman–Crippen MR) is 247 cm³/mol. The van der Waals surface area contributed by atoms with E-state index < -0.39 is 43.4 Å². The number of aliphatic hydroxyl groups excluding tert-OH is 4. The molecule has 1 aliphatic rings. The molecule has 1 rings (SSSR count). The van der Waals surface area contributed by atoms with Crippen LogP contribution in [-0.2, 0) is 23.7 Å². The first-order chi connectivity index (χ1) is 29.4. The van der Waals surface area contributed by atoms with Crippen molar-refractivity contribution in [3.8, 4) is 0 Å². The van der Waals surface area contributed by atoms with Gasteiger partial charge in [0.1, 0.15) is 30.5 Å². The van der Waals surface area contributed by atoms with Crippen LogP contribution in [0.15, 0.2) is 85.1 Å². The van der Waals surface area contributed by atoms with Crippen LogP contribution in [0.25, 0.3) is 0 Å². The molecule has 1 aliphatic heterocycles. The van der Waals surface area contributed by atoms with Gasteiger partial charge in [-0.25, -0.2) is 0 Å². The van der Waals surface area contributed by atoms with E-state index in [1.165, 1.54) is 44.9 Å². The Labute approximate surface area is 365 Å². The molecule has 344 valence electrons. The van der Waals surface area contributed by atoms with Crippen molar-refractivity contribution in [2.75, 3.05) is 26.4 Å². The van der Waals surface area contributed by atoms with Crippen molar-refractivity contribution >= 4 is 5.97 Å². The second-order valence-electron chi connectivity index (χ2n) is 15.8. The second kappa shape index (κ2) is 41.7. The molecule has 9 nitrogen and oxygen atoms in total. The lowest BCUT2D eigenvalue weighted by Gasteiger charge is -2.39. The zero-order valence-corrected chi connectivity index (χ0v) is 37.7. The summed E-state index contributed by atoms with van der Waals surface area (Å²) in [5, 5.41) is 40.1. The third kappa shape index (κ3) is 32.1. The highest BCUT2D eigenvalue weighted by Gasteiger charge is 2.44. The Morgan fingerprint density at radius 1 is 0.550 bits per heavy atom. The predicted octanol–water partition coefficient (Wildman–Crippen LogP) is 11.0. The zero-order chi connectivity index (χ0) is 43.6. The van der Waals surface area contributed by atoms with Crippen molar-refractivity contribution in [3.63, 3.8) is 0 Å². The maximum Gasteiger partial charge on any atom is 0.306 e. The van der Waals surface area contributed by atoms with Crippen LogP contribution in [0.2, 0.25) is 0 Å². The van der Waals surface area contributed by atoms with Gasteiger partial charge in [-0.05, 0) is 83.5 Å². The third-order valence-corrected chi connectivity index (χ3v) is 10.3. The van der Waals surface area contributed by atoms with Gasteiger partial charge in [-0.1, -0.05) is 163 Å². The summed E-state index contributed by atoms with van der Waals surface area (Å²) >= 11 is 0. The number of hydrogen-bond acceptors (Lipinski definition) is 9. The maximum absolute atomic E-state index is 12.8. The molecule has 9 heteroatoms. The van der Waals surface area contributed by atoms with Crippen molar-refractivity contribution < 1.29 is 44.2 Å². The molecule has 0 radical (unpaired) electrons. The van der Waals surface area contributed by atoms with Gasteiger partial charge in [0.05, 0.1) is 19.8 Å². The highest BCUT2D eigenvalue weighted by molar-refractivity contribution is 5.69. The summed E-state index contributed by atoms with van der Waals surface area (Å²) in [6.07, 6.45) is 48.9. The van der Waals surface area contributed by atoms with E-state index in [2.05, 4.69) is 98.9 Å². The van der Waals surface area contributed by atoms with Crippen molar-refractivity contribution in [2.24, 2.45) is 0 Å². The van der Waals surface area contributed by atoms with Gasteiger partial charge in [0.15, 0.2) is 6.29 Å². The fourth-order valence-electron chi connectivity index (χ4n) is 6.59. The molecule has 6 unspecified atom stereocenters. The number of unbranched alkanes of at least 4 members (excludes halogenated alkanes) is 14. The highest BCUT2D eigenvalue weighted by Crippen LogP contribution is 2.22. The van der Waals surface area contributed by atoms with Gasteiger partial charge in [-0.2, -0.15) is 0 Å². The molecular formula is C51H86O9. The summed E-state index contributed by atoms with van der Waals surface area (Å²) in [5.41, 5.74) is 0. The standard InChI is InChI=1S/C51H86O9/c1-3-5-7-9-11-13-15-17-18-19-20-21-22-23-24-25-26-27-28-29-30-32-34-36-38-40-47(53)59-45(44-58-51-50(56)49(55)48(54)46(42-52)60-51)43-57-41-39-37-35-33-31-16-14-12-10-8-6-4-2/h5,7,10-13,17-18,20-21,23-24,26-27,45-46,48-52,54-56H,3-4,6,8-9,14-16,19,22,25,28-44H2,1-2H3/b7-5-,12-10-,13-11-,18-17-,21-20-,24-23-,27-26-. The minimum atomic E-state index is -1.54. The number of carbonyl (C=O) groups excluding carboxylic acids is 1. The fraction of sp³-hybridized carbons (Fsp3) is 0.706. The van der Waals surface area contributed by atoms with E-state index >= 15 is 0 Å². The summed E-state index contributed by atoms with van der Waals surface area (Å²) in [4.78, 5) is 12.8. The van der Waals surface area contributed by atoms with E-state index in [-0.39, 0.29) is 19.2 Å². The third-order valence-electron chi connectivity index (χ3n) is 10.3. The lowest BCUT2D eigenvalue weighted by Crippen LogP contribution is -2.59. The largest absolute Gasteiger partial charge is 0.457 e. The van der Waals surface area contributed by atoms with Crippen LogP contribution in [0.3, 0.4) is 0 Å². The van der Waals surface area contributed by atoms with Crippen LogP contribution in [0.1, 0.15) is 168 Å². The van der Waals surface area contributed by atoms with Crippen LogP contribution in [0.5, 0.6) is 0 Å². The molecule has 4 N–H and O–H groups in total. The number of esters is 1. The number of carbonyl (C=O) groups is 1. The molecular weight excluding hydrogens is 757 g/mol. The lowest BCUT2D eigenvalue weighted by molar-refractivity contribution is -0.305. The first kappa shape index (κ1) is 55.4. The quantitative estimate of drug-likeness (QED) is 0.0271. The minimum Gasteiger partial charge on any atom is -0.457 e. The Morgan fingerprint density at radius 2 is 1.02 bits per heavy atom. The molecule has 0 aliphatic carbocycles. The van der Waals surface area contributed by atoms with Gasteiger partial charge >= 0.3 is 5.97 Å². The topological polar surface area (TPSA) is 135 Å². The molecule has 0 bridgehead atoms. The number of aliphatic hydroxyl groups is 4. The molecule has 0 amide bonds. The second-order valence-corrected chi connectivity index (χ2v) is 15.8. The van der Waals surface area contributed by atoms with Gasteiger partial charge < -0.3 is 39.4 Å². The van der Waals surface area contributed by atoms with E-state index in [4.69, 9.17) is 18.9 Å². The monoisotopic (exact) mass is 843 g/mol. The first-order valence-corrected chi connectivity index (χ1v) is 23.7.